The predicted octanol–water partition coefficient (Wildman–Crippen LogP) is 4.74. The molecule has 0 N–H and O–H groups in total. The molecule has 0 fully saturated rings. The van der Waals surface area contributed by atoms with Crippen LogP contribution in [0, 0.1) is 5.82 Å². The lowest BCUT2D eigenvalue weighted by molar-refractivity contribution is 0.0408. The largest absolute Gasteiger partial charge is 0.493 e. The van der Waals surface area contributed by atoms with E-state index in [1.54, 1.807) is 37.3 Å². The third-order valence-corrected chi connectivity index (χ3v) is 6.04. The number of nitrogens with zero attached hydrogens (tertiary/aromatic N) is 2. The monoisotopic (exact) mass is 454 g/mol. The van der Waals surface area contributed by atoms with Gasteiger partial charge in [-0.25, -0.2) is 4.39 Å². The van der Waals surface area contributed by atoms with Crippen molar-refractivity contribution in [2.75, 3.05) is 20.8 Å². The van der Waals surface area contributed by atoms with Crippen molar-refractivity contribution < 1.29 is 23.5 Å². The Labute approximate surface area is 189 Å². The first-order chi connectivity index (χ1) is 15.6. The minimum Gasteiger partial charge on any atom is -0.493 e. The summed E-state index contributed by atoms with van der Waals surface area (Å²) in [7, 11) is 3.17. The quantitative estimate of drug-likeness (QED) is 0.493. The summed E-state index contributed by atoms with van der Waals surface area (Å²) < 4.78 is 24.0. The van der Waals surface area contributed by atoms with Gasteiger partial charge in [-0.1, -0.05) is 23.4 Å². The van der Waals surface area contributed by atoms with Crippen LogP contribution in [-0.4, -0.2) is 43.4 Å². The topological polar surface area (TPSA) is 60.4 Å². The molecule has 1 aliphatic heterocycles. The van der Waals surface area contributed by atoms with Crippen LogP contribution in [0.4, 0.5) is 4.39 Å². The van der Waals surface area contributed by atoms with Crippen molar-refractivity contribution in [1.82, 2.24) is 4.90 Å². The highest BCUT2D eigenvalue weighted by Crippen LogP contribution is 2.30. The fourth-order valence-electron chi connectivity index (χ4n) is 3.54. The molecule has 0 saturated heterocycles. The van der Waals surface area contributed by atoms with Gasteiger partial charge in [-0.15, -0.1) is 11.3 Å². The second-order valence-electron chi connectivity index (χ2n) is 7.33. The molecule has 0 aliphatic carbocycles. The number of hydrogen-bond acceptors (Lipinski definition) is 6. The van der Waals surface area contributed by atoms with Crippen LogP contribution in [0.5, 0.6) is 11.5 Å². The minimum atomic E-state index is -0.308. The number of hydrogen-bond donors (Lipinski definition) is 0. The molecule has 32 heavy (non-hydrogen) atoms. The summed E-state index contributed by atoms with van der Waals surface area (Å²) in [6, 6.07) is 15.4. The predicted molar refractivity (Wildman–Crippen MR) is 121 cm³/mol. The van der Waals surface area contributed by atoms with Gasteiger partial charge in [0.2, 0.25) is 0 Å². The summed E-state index contributed by atoms with van der Waals surface area (Å²) in [6.45, 7) is 0.705. The Balaban J connectivity index is 1.48. The SMILES string of the molecule is COc1ccc(C2=NO[C@@H](CN(Cc3ccc(F)cc3)C(=O)c3cccs3)C2)cc1OC. The molecule has 0 radical (unpaired) electrons. The van der Waals surface area contributed by atoms with Gasteiger partial charge in [0, 0.05) is 18.5 Å². The van der Waals surface area contributed by atoms with Crippen LogP contribution in [-0.2, 0) is 11.4 Å². The molecule has 8 heteroatoms. The van der Waals surface area contributed by atoms with Crippen molar-refractivity contribution in [3.05, 3.63) is 81.8 Å². The van der Waals surface area contributed by atoms with Gasteiger partial charge in [-0.3, -0.25) is 4.79 Å². The van der Waals surface area contributed by atoms with Gasteiger partial charge < -0.3 is 19.2 Å². The lowest BCUT2D eigenvalue weighted by atomic mass is 10.0. The van der Waals surface area contributed by atoms with Crippen molar-refractivity contribution in [2.45, 2.75) is 19.1 Å². The van der Waals surface area contributed by atoms with Crippen LogP contribution in [0.2, 0.25) is 0 Å². The van der Waals surface area contributed by atoms with E-state index in [0.717, 1.165) is 16.8 Å². The molecule has 0 bridgehead atoms. The average molecular weight is 455 g/mol. The van der Waals surface area contributed by atoms with Crippen molar-refractivity contribution in [1.29, 1.82) is 0 Å². The van der Waals surface area contributed by atoms with Crippen molar-refractivity contribution in [3.63, 3.8) is 0 Å². The minimum absolute atomic E-state index is 0.0903. The van der Waals surface area contributed by atoms with Crippen molar-refractivity contribution in [2.24, 2.45) is 5.16 Å². The van der Waals surface area contributed by atoms with E-state index in [0.29, 0.717) is 35.9 Å². The molecule has 6 nitrogen and oxygen atoms in total. The zero-order valence-corrected chi connectivity index (χ0v) is 18.6. The van der Waals surface area contributed by atoms with Crippen molar-refractivity contribution >= 4 is 23.0 Å². The first-order valence-corrected chi connectivity index (χ1v) is 11.0. The number of ether oxygens (including phenoxy) is 2. The Kier molecular flexibility index (Phi) is 6.70. The third kappa shape index (κ3) is 4.91. The summed E-state index contributed by atoms with van der Waals surface area (Å²) in [5.74, 6) is 0.853. The number of oxime groups is 1. The number of thiophene rings is 1. The Morgan fingerprint density at radius 2 is 1.94 bits per heavy atom. The van der Waals surface area contributed by atoms with Crippen molar-refractivity contribution in [3.8, 4) is 11.5 Å². The lowest BCUT2D eigenvalue weighted by Crippen LogP contribution is -2.37. The Hall–Kier alpha value is -3.39. The highest BCUT2D eigenvalue weighted by Gasteiger charge is 2.28. The van der Waals surface area contributed by atoms with Crippen LogP contribution >= 0.6 is 11.3 Å². The van der Waals surface area contributed by atoms with E-state index in [-0.39, 0.29) is 17.8 Å². The standard InChI is InChI=1S/C24H23FN2O4S/c1-29-21-10-7-17(12-22(21)30-2)20-13-19(31-26-20)15-27(24(28)23-4-3-11-32-23)14-16-5-8-18(25)9-6-16/h3-12,19H,13-15H2,1-2H3/t19-/m1/s1. The fraction of sp³-hybridized carbons (Fsp3) is 0.250. The van der Waals surface area contributed by atoms with Crippen LogP contribution in [0.1, 0.15) is 27.2 Å². The zero-order chi connectivity index (χ0) is 22.5. The molecule has 1 aliphatic rings. The lowest BCUT2D eigenvalue weighted by Gasteiger charge is -2.24. The van der Waals surface area contributed by atoms with E-state index < -0.39 is 0 Å². The molecule has 4 rings (SSSR count). The van der Waals surface area contributed by atoms with Gasteiger partial charge in [0.05, 0.1) is 31.4 Å². The molecule has 0 unspecified atom stereocenters. The van der Waals surface area contributed by atoms with E-state index in [9.17, 15) is 9.18 Å². The molecule has 166 valence electrons. The average Bonchev–Trinajstić information content (AvgIpc) is 3.52. The molecule has 1 amide bonds. The Morgan fingerprint density at radius 3 is 2.62 bits per heavy atom. The summed E-state index contributed by atoms with van der Waals surface area (Å²) in [4.78, 5) is 21.1. The van der Waals surface area contributed by atoms with Gasteiger partial charge in [0.15, 0.2) is 17.6 Å². The summed E-state index contributed by atoms with van der Waals surface area (Å²) in [5.41, 5.74) is 2.50. The molecule has 2 aromatic carbocycles. The Bertz CT molecular complexity index is 1100. The molecule has 1 atom stereocenters. The highest BCUT2D eigenvalue weighted by molar-refractivity contribution is 7.12. The zero-order valence-electron chi connectivity index (χ0n) is 17.8. The number of methoxy groups -OCH3 is 2. The molecule has 3 aromatic rings. The molecular weight excluding hydrogens is 431 g/mol. The van der Waals surface area contributed by atoms with E-state index in [1.165, 1.54) is 23.5 Å². The second kappa shape index (κ2) is 9.82. The number of benzene rings is 2. The number of halogens is 1. The molecule has 1 aromatic heterocycles. The third-order valence-electron chi connectivity index (χ3n) is 5.18. The van der Waals surface area contributed by atoms with E-state index in [2.05, 4.69) is 5.16 Å². The maximum atomic E-state index is 13.3. The van der Waals surface area contributed by atoms with E-state index in [1.807, 2.05) is 29.6 Å². The van der Waals surface area contributed by atoms with Crippen LogP contribution in [0.25, 0.3) is 0 Å². The van der Waals surface area contributed by atoms with Gasteiger partial charge in [-0.05, 0) is 47.3 Å². The molecule has 0 saturated carbocycles. The van der Waals surface area contributed by atoms with E-state index >= 15 is 0 Å². The highest BCUT2D eigenvalue weighted by atomic mass is 32.1. The maximum absolute atomic E-state index is 13.3. The maximum Gasteiger partial charge on any atom is 0.264 e. The first kappa shape index (κ1) is 21.8. The fourth-order valence-corrected chi connectivity index (χ4v) is 4.23. The first-order valence-electron chi connectivity index (χ1n) is 10.1. The summed E-state index contributed by atoms with van der Waals surface area (Å²) in [6.07, 6.45) is 0.259. The van der Waals surface area contributed by atoms with E-state index in [4.69, 9.17) is 14.3 Å². The number of carbonyl (C=O) groups is 1. The summed E-state index contributed by atoms with van der Waals surface area (Å²) in [5, 5.41) is 6.12. The normalized spacial score (nSPS) is 15.1. The van der Waals surface area contributed by atoms with Crippen LogP contribution in [0.15, 0.2) is 65.1 Å². The second-order valence-corrected chi connectivity index (χ2v) is 8.28. The van der Waals surface area contributed by atoms with Crippen LogP contribution < -0.4 is 9.47 Å². The van der Waals surface area contributed by atoms with Gasteiger partial charge >= 0.3 is 0 Å². The van der Waals surface area contributed by atoms with Gasteiger partial charge in [0.1, 0.15) is 5.82 Å². The number of carbonyl (C=O) groups excluding carboxylic acids is 1. The molecule has 0 spiro atoms. The number of amides is 1. The van der Waals surface area contributed by atoms with Gasteiger partial charge in [0.25, 0.3) is 5.91 Å². The number of rotatable bonds is 8. The van der Waals surface area contributed by atoms with Crippen LogP contribution in [0.3, 0.4) is 0 Å². The smallest absolute Gasteiger partial charge is 0.264 e. The Morgan fingerprint density at radius 1 is 1.16 bits per heavy atom. The molecule has 2 heterocycles. The summed E-state index contributed by atoms with van der Waals surface area (Å²) >= 11 is 1.39. The van der Waals surface area contributed by atoms with Gasteiger partial charge in [-0.2, -0.15) is 0 Å². The molecular formula is C24H23FN2O4S.